The van der Waals surface area contributed by atoms with E-state index in [9.17, 15) is 9.90 Å². The largest absolute Gasteiger partial charge is 0.481 e. The number of hydrazine groups is 1. The van der Waals surface area contributed by atoms with Crippen LogP contribution in [0.5, 0.6) is 0 Å². The lowest BCUT2D eigenvalue weighted by Gasteiger charge is -2.24. The van der Waals surface area contributed by atoms with Crippen molar-refractivity contribution in [2.75, 3.05) is 17.3 Å². The molecule has 0 bridgehead atoms. The highest BCUT2D eigenvalue weighted by molar-refractivity contribution is 5.74. The molecule has 2 aromatic rings. The highest BCUT2D eigenvalue weighted by atomic mass is 16.4. The Morgan fingerprint density at radius 1 is 1.16 bits per heavy atom. The monoisotopic (exact) mass is 341 g/mol. The summed E-state index contributed by atoms with van der Waals surface area (Å²) in [5.74, 6) is 4.89. The zero-order chi connectivity index (χ0) is 18.7. The van der Waals surface area contributed by atoms with Gasteiger partial charge in [0.2, 0.25) is 0 Å². The van der Waals surface area contributed by atoms with Crippen molar-refractivity contribution >= 4 is 17.3 Å². The van der Waals surface area contributed by atoms with Crippen molar-refractivity contribution in [2.24, 2.45) is 5.84 Å². The van der Waals surface area contributed by atoms with E-state index in [1.54, 1.807) is 5.01 Å². The lowest BCUT2D eigenvalue weighted by molar-refractivity contribution is -0.137. The van der Waals surface area contributed by atoms with Gasteiger partial charge >= 0.3 is 5.97 Å². The fraction of sp³-hybridized carbons (Fsp3) is 0.350. The summed E-state index contributed by atoms with van der Waals surface area (Å²) in [6.07, 6.45) is 0.0161. The van der Waals surface area contributed by atoms with E-state index in [1.807, 2.05) is 52.0 Å². The molecule has 0 unspecified atom stereocenters. The number of nitrogens with two attached hydrogens (primary N) is 2. The van der Waals surface area contributed by atoms with Gasteiger partial charge in [0, 0.05) is 12.5 Å². The molecule has 0 aliphatic carbocycles. The van der Waals surface area contributed by atoms with Crippen LogP contribution in [-0.4, -0.2) is 17.6 Å². The van der Waals surface area contributed by atoms with Crippen LogP contribution in [0.25, 0.3) is 0 Å². The molecule has 134 valence electrons. The minimum absolute atomic E-state index is 0.0161. The van der Waals surface area contributed by atoms with Crippen molar-refractivity contribution in [1.82, 2.24) is 0 Å². The Bertz CT molecular complexity index is 787. The van der Waals surface area contributed by atoms with Crippen molar-refractivity contribution in [3.05, 3.63) is 58.1 Å². The number of benzene rings is 2. The smallest absolute Gasteiger partial charge is 0.304 e. The predicted molar refractivity (Wildman–Crippen MR) is 103 cm³/mol. The number of nitrogen functional groups attached to an aromatic ring is 1. The molecule has 0 aliphatic heterocycles. The van der Waals surface area contributed by atoms with Crippen LogP contribution in [-0.2, 0) is 4.79 Å². The van der Waals surface area contributed by atoms with E-state index >= 15 is 0 Å². The van der Waals surface area contributed by atoms with Gasteiger partial charge in [-0.25, -0.2) is 5.84 Å². The van der Waals surface area contributed by atoms with E-state index in [1.165, 1.54) is 5.56 Å². The van der Waals surface area contributed by atoms with Gasteiger partial charge in [-0.05, 0) is 61.6 Å². The average Bonchev–Trinajstić information content (AvgIpc) is 2.57. The number of hydrogen-bond donors (Lipinski definition) is 3. The maximum Gasteiger partial charge on any atom is 0.304 e. The Kier molecular flexibility index (Phi) is 5.69. The summed E-state index contributed by atoms with van der Waals surface area (Å²) in [7, 11) is 0. The number of carbonyl (C=O) groups is 1. The lowest BCUT2D eigenvalue weighted by atomic mass is 9.84. The van der Waals surface area contributed by atoms with E-state index in [2.05, 4.69) is 6.07 Å². The Morgan fingerprint density at radius 3 is 2.40 bits per heavy atom. The number of carboxylic acids is 1. The van der Waals surface area contributed by atoms with Gasteiger partial charge in [0.15, 0.2) is 0 Å². The summed E-state index contributed by atoms with van der Waals surface area (Å²) in [4.78, 5) is 11.5. The summed E-state index contributed by atoms with van der Waals surface area (Å²) in [6, 6.07) is 9.91. The minimum Gasteiger partial charge on any atom is -0.481 e. The Balaban J connectivity index is 2.57. The zero-order valence-corrected chi connectivity index (χ0v) is 15.3. The van der Waals surface area contributed by atoms with Crippen LogP contribution in [0.4, 0.5) is 11.4 Å². The Morgan fingerprint density at radius 2 is 1.84 bits per heavy atom. The third-order valence-corrected chi connectivity index (χ3v) is 4.87. The molecule has 2 rings (SSSR count). The number of nitrogens with zero attached hydrogens (tertiary/aromatic N) is 1. The minimum atomic E-state index is -0.834. The standard InChI is InChI=1S/C20H27N3O2/c1-5-23(22)18-9-8-16(14(4)20(18)21)17(11-19(24)25)15-7-6-12(2)13(3)10-15/h6-10,17H,5,11,21-22H2,1-4H3,(H,24,25)/t17-/m1/s1. The number of aryl methyl sites for hydroxylation is 2. The second-order valence-corrected chi connectivity index (χ2v) is 6.49. The number of carboxylic acid groups (broad SMARTS) is 1. The molecule has 0 amide bonds. The Labute approximate surface area is 149 Å². The van der Waals surface area contributed by atoms with Crippen LogP contribution >= 0.6 is 0 Å². The summed E-state index contributed by atoms with van der Waals surface area (Å²) in [5.41, 5.74) is 12.8. The van der Waals surface area contributed by atoms with Gasteiger partial charge in [0.25, 0.3) is 0 Å². The van der Waals surface area contributed by atoms with Gasteiger partial charge in [-0.15, -0.1) is 0 Å². The molecule has 0 aromatic heterocycles. The molecule has 5 N–H and O–H groups in total. The van der Waals surface area contributed by atoms with Crippen LogP contribution in [0, 0.1) is 20.8 Å². The van der Waals surface area contributed by atoms with Gasteiger partial charge in [-0.1, -0.05) is 24.3 Å². The highest BCUT2D eigenvalue weighted by Crippen LogP contribution is 2.36. The van der Waals surface area contributed by atoms with Crippen LogP contribution < -0.4 is 16.6 Å². The SMILES string of the molecule is CCN(N)c1ccc([C@H](CC(=O)O)c2ccc(C)c(C)c2)c(C)c1N. The molecule has 0 spiro atoms. The first kappa shape index (κ1) is 18.8. The second-order valence-electron chi connectivity index (χ2n) is 6.49. The van der Waals surface area contributed by atoms with Crippen LogP contribution in [0.2, 0.25) is 0 Å². The normalized spacial score (nSPS) is 12.0. The van der Waals surface area contributed by atoms with Crippen molar-refractivity contribution in [2.45, 2.75) is 40.0 Å². The molecule has 25 heavy (non-hydrogen) atoms. The van der Waals surface area contributed by atoms with E-state index in [4.69, 9.17) is 11.6 Å². The van der Waals surface area contributed by atoms with Crippen LogP contribution in [0.15, 0.2) is 30.3 Å². The predicted octanol–water partition coefficient (Wildman–Crippen LogP) is 3.50. The molecule has 0 saturated heterocycles. The summed E-state index contributed by atoms with van der Waals surface area (Å²) < 4.78 is 0. The van der Waals surface area contributed by atoms with Crippen molar-refractivity contribution in [1.29, 1.82) is 0 Å². The molecule has 0 heterocycles. The molecule has 5 heteroatoms. The topological polar surface area (TPSA) is 92.6 Å². The molecule has 0 fully saturated rings. The van der Waals surface area contributed by atoms with Crippen LogP contribution in [0.1, 0.15) is 47.1 Å². The first-order valence-corrected chi connectivity index (χ1v) is 8.46. The second kappa shape index (κ2) is 7.57. The average molecular weight is 341 g/mol. The van der Waals surface area contributed by atoms with E-state index in [0.717, 1.165) is 27.9 Å². The fourth-order valence-corrected chi connectivity index (χ4v) is 3.09. The molecule has 1 atom stereocenters. The molecular formula is C20H27N3O2. The van der Waals surface area contributed by atoms with E-state index < -0.39 is 5.97 Å². The number of hydrogen-bond acceptors (Lipinski definition) is 4. The molecule has 0 aliphatic rings. The molecule has 0 radical (unpaired) electrons. The number of rotatable bonds is 6. The number of aliphatic carboxylic acids is 1. The highest BCUT2D eigenvalue weighted by Gasteiger charge is 2.22. The number of anilines is 2. The molecule has 0 saturated carbocycles. The fourth-order valence-electron chi connectivity index (χ4n) is 3.09. The summed E-state index contributed by atoms with van der Waals surface area (Å²) in [6.45, 7) is 8.59. The Hall–Kier alpha value is -2.53. The maximum absolute atomic E-state index is 11.5. The molecule has 5 nitrogen and oxygen atoms in total. The van der Waals surface area contributed by atoms with Crippen molar-refractivity contribution in [3.63, 3.8) is 0 Å². The van der Waals surface area contributed by atoms with Crippen molar-refractivity contribution < 1.29 is 9.90 Å². The van der Waals surface area contributed by atoms with Crippen molar-refractivity contribution in [3.8, 4) is 0 Å². The third-order valence-electron chi connectivity index (χ3n) is 4.87. The summed E-state index contributed by atoms with van der Waals surface area (Å²) >= 11 is 0. The van der Waals surface area contributed by atoms with E-state index in [0.29, 0.717) is 12.2 Å². The lowest BCUT2D eigenvalue weighted by Crippen LogP contribution is -2.31. The molecule has 2 aromatic carbocycles. The maximum atomic E-state index is 11.5. The summed E-state index contributed by atoms with van der Waals surface area (Å²) in [5, 5.41) is 11.0. The van der Waals surface area contributed by atoms with Gasteiger partial charge < -0.3 is 15.8 Å². The van der Waals surface area contributed by atoms with E-state index in [-0.39, 0.29) is 12.3 Å². The van der Waals surface area contributed by atoms with Crippen LogP contribution in [0.3, 0.4) is 0 Å². The quantitative estimate of drug-likeness (QED) is 0.425. The third kappa shape index (κ3) is 3.94. The first-order valence-electron chi connectivity index (χ1n) is 8.46. The van der Waals surface area contributed by atoms with Gasteiger partial charge in [0.1, 0.15) is 0 Å². The van der Waals surface area contributed by atoms with Gasteiger partial charge in [-0.2, -0.15) is 0 Å². The first-order chi connectivity index (χ1) is 11.8. The van der Waals surface area contributed by atoms with Gasteiger partial charge in [0.05, 0.1) is 17.8 Å². The molecular weight excluding hydrogens is 314 g/mol. The zero-order valence-electron chi connectivity index (χ0n) is 15.3. The van der Waals surface area contributed by atoms with Gasteiger partial charge in [-0.3, -0.25) is 4.79 Å².